The number of nitrogens with one attached hydrogen (secondary N) is 2. The molecular formula is C25H21N3O3. The van der Waals surface area contributed by atoms with Crippen LogP contribution in [0.4, 0.5) is 5.69 Å². The fourth-order valence-electron chi connectivity index (χ4n) is 4.07. The number of aromatic nitrogens is 1. The number of hydrogen-bond acceptors (Lipinski definition) is 4. The summed E-state index contributed by atoms with van der Waals surface area (Å²) in [7, 11) is 1.54. The van der Waals surface area contributed by atoms with Gasteiger partial charge in [0.25, 0.3) is 5.91 Å². The number of fused-ring (bicyclic) bond motifs is 2. The number of carbonyl (C=O) groups is 2. The minimum absolute atomic E-state index is 0.238. The summed E-state index contributed by atoms with van der Waals surface area (Å²) in [5.74, 6) is 0.0288. The molecule has 6 nitrogen and oxygen atoms in total. The number of ether oxygens (including phenoxy) is 1. The standard InChI is InChI=1S/C25H21N3O3/c1-31-17-9-10-22-20(14-17)24(29)28-23(25(30)27-22)13-15-5-7-16(8-6-15)18-11-12-26-21-4-2-3-19(18)21/h2-3,5-12,14,23H,4,13H2,1H3,(H,27,30)(H,28,29). The van der Waals surface area contributed by atoms with Crippen LogP contribution < -0.4 is 15.4 Å². The number of methoxy groups -OCH3 is 1. The third kappa shape index (κ3) is 3.57. The molecule has 0 saturated heterocycles. The van der Waals surface area contributed by atoms with Gasteiger partial charge in [-0.25, -0.2) is 0 Å². The van der Waals surface area contributed by atoms with Crippen molar-refractivity contribution in [1.82, 2.24) is 10.3 Å². The van der Waals surface area contributed by atoms with Gasteiger partial charge in [-0.15, -0.1) is 0 Å². The van der Waals surface area contributed by atoms with Crippen molar-refractivity contribution < 1.29 is 14.3 Å². The highest BCUT2D eigenvalue weighted by Gasteiger charge is 2.28. The van der Waals surface area contributed by atoms with E-state index in [0.717, 1.165) is 28.8 Å². The number of rotatable bonds is 4. The number of amides is 2. The molecule has 1 aliphatic heterocycles. The van der Waals surface area contributed by atoms with E-state index in [-0.39, 0.29) is 11.8 Å². The van der Waals surface area contributed by atoms with Crippen LogP contribution in [-0.2, 0) is 17.6 Å². The Kier molecular flexibility index (Phi) is 4.75. The third-order valence-electron chi connectivity index (χ3n) is 5.72. The highest BCUT2D eigenvalue weighted by molar-refractivity contribution is 6.10. The second kappa shape index (κ2) is 7.72. The summed E-state index contributed by atoms with van der Waals surface area (Å²) in [4.78, 5) is 29.9. The van der Waals surface area contributed by atoms with Crippen molar-refractivity contribution in [3.05, 3.63) is 83.2 Å². The van der Waals surface area contributed by atoms with Gasteiger partial charge in [-0.05, 0) is 41.0 Å². The summed E-state index contributed by atoms with van der Waals surface area (Å²) in [5.41, 5.74) is 6.35. The normalized spacial score (nSPS) is 16.7. The van der Waals surface area contributed by atoms with Crippen molar-refractivity contribution in [2.75, 3.05) is 12.4 Å². The first-order valence-corrected chi connectivity index (χ1v) is 10.2. The molecule has 0 radical (unpaired) electrons. The van der Waals surface area contributed by atoms with Gasteiger partial charge in [0.15, 0.2) is 0 Å². The maximum atomic E-state index is 12.7. The van der Waals surface area contributed by atoms with Gasteiger partial charge in [0.1, 0.15) is 11.8 Å². The quantitative estimate of drug-likeness (QED) is 0.687. The summed E-state index contributed by atoms with van der Waals surface area (Å²) >= 11 is 0. The molecule has 31 heavy (non-hydrogen) atoms. The number of allylic oxidation sites excluding steroid dienone is 1. The topological polar surface area (TPSA) is 80.3 Å². The summed E-state index contributed by atoms with van der Waals surface area (Å²) in [6.07, 6.45) is 7.34. The lowest BCUT2D eigenvalue weighted by Crippen LogP contribution is -2.42. The summed E-state index contributed by atoms with van der Waals surface area (Å²) < 4.78 is 5.19. The van der Waals surface area contributed by atoms with Crippen LogP contribution in [0.2, 0.25) is 0 Å². The van der Waals surface area contributed by atoms with E-state index in [1.807, 2.05) is 36.5 Å². The minimum atomic E-state index is -0.662. The lowest BCUT2D eigenvalue weighted by molar-refractivity contribution is -0.117. The van der Waals surface area contributed by atoms with Crippen LogP contribution in [0.1, 0.15) is 27.2 Å². The molecule has 0 spiro atoms. The Morgan fingerprint density at radius 3 is 2.71 bits per heavy atom. The molecule has 2 N–H and O–H groups in total. The predicted molar refractivity (Wildman–Crippen MR) is 119 cm³/mol. The first-order valence-electron chi connectivity index (χ1n) is 10.2. The summed E-state index contributed by atoms with van der Waals surface area (Å²) in [6.45, 7) is 0. The van der Waals surface area contributed by atoms with Crippen molar-refractivity contribution in [1.29, 1.82) is 0 Å². The zero-order chi connectivity index (χ0) is 21.4. The first-order chi connectivity index (χ1) is 15.1. The average molecular weight is 411 g/mol. The number of anilines is 1. The molecule has 0 fully saturated rings. The van der Waals surface area contributed by atoms with E-state index in [1.165, 1.54) is 12.7 Å². The fraction of sp³-hybridized carbons (Fsp3) is 0.160. The molecule has 0 bridgehead atoms. The van der Waals surface area contributed by atoms with Crippen LogP contribution in [0.5, 0.6) is 5.75 Å². The first kappa shape index (κ1) is 19.1. The molecule has 3 aromatic rings. The van der Waals surface area contributed by atoms with Gasteiger partial charge in [-0.1, -0.05) is 36.4 Å². The van der Waals surface area contributed by atoms with Crippen molar-refractivity contribution >= 4 is 23.6 Å². The van der Waals surface area contributed by atoms with Gasteiger partial charge in [0, 0.05) is 24.6 Å². The van der Waals surface area contributed by atoms with E-state index in [9.17, 15) is 9.59 Å². The van der Waals surface area contributed by atoms with Gasteiger partial charge in [0.2, 0.25) is 5.91 Å². The molecule has 1 aliphatic carbocycles. The average Bonchev–Trinajstić information content (AvgIpc) is 3.24. The molecule has 2 aliphatic rings. The number of hydrogen-bond donors (Lipinski definition) is 2. The Labute approximate surface area is 180 Å². The maximum absolute atomic E-state index is 12.7. The largest absolute Gasteiger partial charge is 0.497 e. The van der Waals surface area contributed by atoms with Gasteiger partial charge in [0.05, 0.1) is 24.1 Å². The SMILES string of the molecule is COc1ccc2c(c1)C(=O)NC(Cc1ccc(-c3ccnc4c3C=CC4)cc1)C(=O)N2. The smallest absolute Gasteiger partial charge is 0.254 e. The van der Waals surface area contributed by atoms with Gasteiger partial charge in [-0.2, -0.15) is 0 Å². The highest BCUT2D eigenvalue weighted by atomic mass is 16.5. The highest BCUT2D eigenvalue weighted by Crippen LogP contribution is 2.30. The molecule has 1 aromatic heterocycles. The van der Waals surface area contributed by atoms with Gasteiger partial charge < -0.3 is 15.4 Å². The Morgan fingerprint density at radius 2 is 1.90 bits per heavy atom. The fourth-order valence-corrected chi connectivity index (χ4v) is 4.07. The maximum Gasteiger partial charge on any atom is 0.254 e. The Morgan fingerprint density at radius 1 is 1.06 bits per heavy atom. The van der Waals surface area contributed by atoms with Crippen molar-refractivity contribution in [3.63, 3.8) is 0 Å². The number of carbonyl (C=O) groups excluding carboxylic acids is 2. The summed E-state index contributed by atoms with van der Waals surface area (Å²) in [6, 6.07) is 14.5. The molecule has 2 amide bonds. The van der Waals surface area contributed by atoms with E-state index < -0.39 is 6.04 Å². The van der Waals surface area contributed by atoms with Crippen LogP contribution in [0.3, 0.4) is 0 Å². The second-order valence-electron chi connectivity index (χ2n) is 7.65. The zero-order valence-electron chi connectivity index (χ0n) is 17.0. The number of benzene rings is 2. The second-order valence-corrected chi connectivity index (χ2v) is 7.65. The van der Waals surface area contributed by atoms with E-state index in [4.69, 9.17) is 4.74 Å². The predicted octanol–water partition coefficient (Wildman–Crippen LogP) is 3.62. The number of pyridine rings is 1. The summed E-state index contributed by atoms with van der Waals surface area (Å²) in [5, 5.41) is 5.69. The van der Waals surface area contributed by atoms with E-state index in [2.05, 4.69) is 27.8 Å². The van der Waals surface area contributed by atoms with Crippen LogP contribution in [0.25, 0.3) is 17.2 Å². The molecule has 154 valence electrons. The monoisotopic (exact) mass is 411 g/mol. The Bertz CT molecular complexity index is 1220. The molecule has 0 saturated carbocycles. The van der Waals surface area contributed by atoms with Crippen LogP contribution in [0.15, 0.2) is 60.8 Å². The van der Waals surface area contributed by atoms with Crippen molar-refractivity contribution in [2.24, 2.45) is 0 Å². The molecule has 2 heterocycles. The molecule has 2 aromatic carbocycles. The van der Waals surface area contributed by atoms with Gasteiger partial charge >= 0.3 is 0 Å². The van der Waals surface area contributed by atoms with Crippen LogP contribution >= 0.6 is 0 Å². The lowest BCUT2D eigenvalue weighted by atomic mass is 9.97. The minimum Gasteiger partial charge on any atom is -0.497 e. The van der Waals surface area contributed by atoms with Crippen molar-refractivity contribution in [3.8, 4) is 16.9 Å². The molecule has 1 unspecified atom stereocenters. The molecule has 6 heteroatoms. The molecule has 1 atom stereocenters. The number of nitrogens with zero attached hydrogens (tertiary/aromatic N) is 1. The Balaban J connectivity index is 1.36. The molecular weight excluding hydrogens is 390 g/mol. The van der Waals surface area contributed by atoms with Gasteiger partial charge in [-0.3, -0.25) is 14.6 Å². The lowest BCUT2D eigenvalue weighted by Gasteiger charge is -2.15. The zero-order valence-corrected chi connectivity index (χ0v) is 17.0. The third-order valence-corrected chi connectivity index (χ3v) is 5.72. The van der Waals surface area contributed by atoms with Crippen LogP contribution in [0, 0.1) is 0 Å². The van der Waals surface area contributed by atoms with E-state index in [1.54, 1.807) is 18.2 Å². The van der Waals surface area contributed by atoms with Crippen molar-refractivity contribution in [2.45, 2.75) is 18.9 Å². The van der Waals surface area contributed by atoms with E-state index >= 15 is 0 Å². The van der Waals surface area contributed by atoms with E-state index in [0.29, 0.717) is 23.4 Å². The van der Waals surface area contributed by atoms with Crippen LogP contribution in [-0.4, -0.2) is 29.9 Å². The Hall–Kier alpha value is -3.93. The molecule has 5 rings (SSSR count).